The van der Waals surface area contributed by atoms with E-state index in [9.17, 15) is 9.90 Å². The third kappa shape index (κ3) is 2.72. The molecule has 1 atom stereocenters. The molecule has 5 nitrogen and oxygen atoms in total. The minimum atomic E-state index is -0.970. The second kappa shape index (κ2) is 5.09. The Hall–Kier alpha value is -2.14. The first-order chi connectivity index (χ1) is 9.31. The minimum Gasteiger partial charge on any atom is -0.478 e. The molecule has 0 saturated heterocycles. The van der Waals surface area contributed by atoms with E-state index in [2.05, 4.69) is 10.3 Å². The van der Waals surface area contributed by atoms with E-state index in [1.54, 1.807) is 37.3 Å². The summed E-state index contributed by atoms with van der Waals surface area (Å²) in [4.78, 5) is 15.5. The normalized spacial score (nSPS) is 13.2. The number of benzene rings is 1. The maximum Gasteiger partial charge on any atom is 0.336 e. The first-order valence-electron chi connectivity index (χ1n) is 6.40. The van der Waals surface area contributed by atoms with Gasteiger partial charge in [-0.2, -0.15) is 0 Å². The van der Waals surface area contributed by atoms with Gasteiger partial charge in [0, 0.05) is 5.39 Å². The number of aromatic carboxylic acids is 1. The highest BCUT2D eigenvalue weighted by Crippen LogP contribution is 2.22. The molecule has 20 heavy (non-hydrogen) atoms. The van der Waals surface area contributed by atoms with Gasteiger partial charge in [-0.05, 0) is 45.0 Å². The van der Waals surface area contributed by atoms with Gasteiger partial charge < -0.3 is 15.5 Å². The van der Waals surface area contributed by atoms with E-state index in [1.165, 1.54) is 0 Å². The lowest BCUT2D eigenvalue weighted by atomic mass is 9.99. The van der Waals surface area contributed by atoms with Gasteiger partial charge in [-0.3, -0.25) is 0 Å². The molecule has 1 aromatic heterocycles. The van der Waals surface area contributed by atoms with Crippen molar-refractivity contribution in [1.29, 1.82) is 0 Å². The number of hydrogen-bond donors (Lipinski definition) is 3. The molecule has 3 N–H and O–H groups in total. The molecule has 1 aromatic carbocycles. The Kier molecular flexibility index (Phi) is 3.63. The van der Waals surface area contributed by atoms with Crippen molar-refractivity contribution in [3.63, 3.8) is 0 Å². The number of aliphatic hydroxyl groups excluding tert-OH is 1. The summed E-state index contributed by atoms with van der Waals surface area (Å²) in [6, 6.07) is 8.44. The molecule has 0 aliphatic carbocycles. The van der Waals surface area contributed by atoms with Crippen LogP contribution in [0.2, 0.25) is 0 Å². The fourth-order valence-electron chi connectivity index (χ4n) is 1.85. The minimum absolute atomic E-state index is 0.233. The van der Waals surface area contributed by atoms with Crippen LogP contribution in [0.25, 0.3) is 10.9 Å². The molecule has 1 unspecified atom stereocenters. The maximum absolute atomic E-state index is 11.1. The summed E-state index contributed by atoms with van der Waals surface area (Å²) < 4.78 is 0. The predicted molar refractivity (Wildman–Crippen MR) is 78.1 cm³/mol. The van der Waals surface area contributed by atoms with Crippen molar-refractivity contribution < 1.29 is 15.0 Å². The fraction of sp³-hybridized carbons (Fsp3) is 0.333. The van der Waals surface area contributed by atoms with Gasteiger partial charge in [0.05, 0.1) is 22.7 Å². The van der Waals surface area contributed by atoms with Crippen LogP contribution in [0, 0.1) is 0 Å². The second-order valence-corrected chi connectivity index (χ2v) is 5.40. The number of nitrogens with one attached hydrogen (secondary N) is 1. The highest BCUT2D eigenvalue weighted by atomic mass is 16.4. The number of aromatic nitrogens is 1. The number of carbonyl (C=O) groups is 1. The van der Waals surface area contributed by atoms with E-state index in [0.717, 1.165) is 0 Å². The number of anilines is 1. The van der Waals surface area contributed by atoms with Gasteiger partial charge in [-0.1, -0.05) is 6.07 Å². The Bertz CT molecular complexity index is 651. The number of hydrogen-bond acceptors (Lipinski definition) is 4. The molecule has 0 amide bonds. The van der Waals surface area contributed by atoms with Crippen LogP contribution in [0.3, 0.4) is 0 Å². The molecule has 2 aromatic rings. The van der Waals surface area contributed by atoms with E-state index in [-0.39, 0.29) is 5.56 Å². The zero-order chi connectivity index (χ0) is 14.9. The molecular weight excluding hydrogens is 256 g/mol. The van der Waals surface area contributed by atoms with E-state index >= 15 is 0 Å². The lowest BCUT2D eigenvalue weighted by Crippen LogP contribution is -2.42. The van der Waals surface area contributed by atoms with Crippen molar-refractivity contribution >= 4 is 22.7 Å². The molecule has 5 heteroatoms. The quantitative estimate of drug-likeness (QED) is 0.798. The van der Waals surface area contributed by atoms with Gasteiger partial charge in [0.25, 0.3) is 0 Å². The summed E-state index contributed by atoms with van der Waals surface area (Å²) in [6.07, 6.45) is -0.551. The zero-order valence-corrected chi connectivity index (χ0v) is 11.7. The highest BCUT2D eigenvalue weighted by Gasteiger charge is 2.24. The zero-order valence-electron chi connectivity index (χ0n) is 11.7. The van der Waals surface area contributed by atoms with Gasteiger partial charge in [0.2, 0.25) is 0 Å². The Labute approximate surface area is 117 Å². The first kappa shape index (κ1) is 14.3. The van der Waals surface area contributed by atoms with Crippen molar-refractivity contribution in [3.05, 3.63) is 35.9 Å². The van der Waals surface area contributed by atoms with E-state index in [0.29, 0.717) is 16.7 Å². The topological polar surface area (TPSA) is 82.5 Å². The monoisotopic (exact) mass is 274 g/mol. The van der Waals surface area contributed by atoms with E-state index in [1.807, 2.05) is 13.8 Å². The number of carboxylic acids is 1. The first-order valence-corrected chi connectivity index (χ1v) is 6.40. The van der Waals surface area contributed by atoms with Crippen molar-refractivity contribution in [3.8, 4) is 0 Å². The van der Waals surface area contributed by atoms with Crippen molar-refractivity contribution in [2.75, 3.05) is 5.32 Å². The maximum atomic E-state index is 11.1. The fourth-order valence-corrected chi connectivity index (χ4v) is 1.85. The molecule has 106 valence electrons. The molecule has 1 heterocycles. The molecule has 0 spiro atoms. The summed E-state index contributed by atoms with van der Waals surface area (Å²) >= 11 is 0. The van der Waals surface area contributed by atoms with Gasteiger partial charge >= 0.3 is 5.97 Å². The van der Waals surface area contributed by atoms with Crippen LogP contribution in [-0.4, -0.2) is 32.8 Å². The van der Waals surface area contributed by atoms with Gasteiger partial charge in [0.1, 0.15) is 5.82 Å². The second-order valence-electron chi connectivity index (χ2n) is 5.40. The Morgan fingerprint density at radius 2 is 2.00 bits per heavy atom. The molecule has 2 rings (SSSR count). The Balaban J connectivity index is 2.43. The van der Waals surface area contributed by atoms with Crippen LogP contribution in [-0.2, 0) is 0 Å². The SMILES string of the molecule is CC(O)C(C)(C)Nc1ccc2c(C(=O)O)cccc2n1. The lowest BCUT2D eigenvalue weighted by Gasteiger charge is -2.30. The summed E-state index contributed by atoms with van der Waals surface area (Å²) in [7, 11) is 0. The molecular formula is C15H18N2O3. The van der Waals surface area contributed by atoms with Crippen LogP contribution in [0.15, 0.2) is 30.3 Å². The number of carboxylic acid groups (broad SMARTS) is 1. The largest absolute Gasteiger partial charge is 0.478 e. The average Bonchev–Trinajstić information content (AvgIpc) is 2.36. The van der Waals surface area contributed by atoms with Crippen LogP contribution in [0.5, 0.6) is 0 Å². The van der Waals surface area contributed by atoms with Crippen LogP contribution >= 0.6 is 0 Å². The van der Waals surface area contributed by atoms with Crippen LogP contribution in [0.4, 0.5) is 5.82 Å². The highest BCUT2D eigenvalue weighted by molar-refractivity contribution is 6.02. The van der Waals surface area contributed by atoms with E-state index < -0.39 is 17.6 Å². The van der Waals surface area contributed by atoms with Gasteiger partial charge in [0.15, 0.2) is 0 Å². The smallest absolute Gasteiger partial charge is 0.336 e. The third-order valence-corrected chi connectivity index (χ3v) is 3.46. The molecule has 0 aliphatic heterocycles. The van der Waals surface area contributed by atoms with Gasteiger partial charge in [-0.25, -0.2) is 9.78 Å². The number of fused-ring (bicyclic) bond motifs is 1. The third-order valence-electron chi connectivity index (χ3n) is 3.46. The summed E-state index contributed by atoms with van der Waals surface area (Å²) in [5.74, 6) is -0.367. The van der Waals surface area contributed by atoms with Crippen LogP contribution < -0.4 is 5.32 Å². The lowest BCUT2D eigenvalue weighted by molar-refractivity contribution is 0.0699. The standard InChI is InChI=1S/C15H18N2O3/c1-9(18)15(2,3)17-13-8-7-10-11(14(19)20)5-4-6-12(10)16-13/h4-9,18H,1-3H3,(H,16,17)(H,19,20). The molecule has 0 saturated carbocycles. The van der Waals surface area contributed by atoms with E-state index in [4.69, 9.17) is 5.11 Å². The number of pyridine rings is 1. The summed E-state index contributed by atoms with van der Waals surface area (Å²) in [6.45, 7) is 5.45. The summed E-state index contributed by atoms with van der Waals surface area (Å²) in [5, 5.41) is 22.6. The summed E-state index contributed by atoms with van der Waals surface area (Å²) in [5.41, 5.74) is 0.318. The Morgan fingerprint density at radius 3 is 2.60 bits per heavy atom. The molecule has 0 bridgehead atoms. The van der Waals surface area contributed by atoms with Crippen molar-refractivity contribution in [2.24, 2.45) is 0 Å². The average molecular weight is 274 g/mol. The predicted octanol–water partition coefficient (Wildman–Crippen LogP) is 2.50. The number of rotatable bonds is 4. The van der Waals surface area contributed by atoms with Crippen molar-refractivity contribution in [2.45, 2.75) is 32.4 Å². The van der Waals surface area contributed by atoms with Crippen LogP contribution in [0.1, 0.15) is 31.1 Å². The number of aliphatic hydroxyl groups is 1. The molecule has 0 radical (unpaired) electrons. The van der Waals surface area contributed by atoms with Gasteiger partial charge in [-0.15, -0.1) is 0 Å². The molecule has 0 fully saturated rings. The molecule has 0 aliphatic rings. The van der Waals surface area contributed by atoms with Crippen molar-refractivity contribution in [1.82, 2.24) is 4.98 Å². The Morgan fingerprint density at radius 1 is 1.30 bits per heavy atom. The number of nitrogens with zero attached hydrogens (tertiary/aromatic N) is 1.